The zero-order valence-electron chi connectivity index (χ0n) is 14.5. The lowest BCUT2D eigenvalue weighted by Crippen LogP contribution is -2.40. The highest BCUT2D eigenvalue weighted by molar-refractivity contribution is 7.92. The van der Waals surface area contributed by atoms with E-state index in [9.17, 15) is 8.42 Å². The van der Waals surface area contributed by atoms with Gasteiger partial charge in [-0.05, 0) is 55.3 Å². The van der Waals surface area contributed by atoms with Gasteiger partial charge in [0.25, 0.3) is 0 Å². The van der Waals surface area contributed by atoms with Crippen LogP contribution in [0, 0.1) is 0 Å². The summed E-state index contributed by atoms with van der Waals surface area (Å²) in [5, 5.41) is 1.75. The highest BCUT2D eigenvalue weighted by Gasteiger charge is 2.27. The van der Waals surface area contributed by atoms with E-state index < -0.39 is 15.6 Å². The maximum Gasteiger partial charge on any atom is 0.234 e. The summed E-state index contributed by atoms with van der Waals surface area (Å²) in [6.45, 7) is 4.59. The van der Waals surface area contributed by atoms with Crippen molar-refractivity contribution in [2.45, 2.75) is 19.4 Å². The molecule has 0 atom stereocenters. The minimum absolute atomic E-state index is 0.479. The van der Waals surface area contributed by atoms with Crippen LogP contribution >= 0.6 is 11.6 Å². The van der Waals surface area contributed by atoms with Crippen LogP contribution in [0.2, 0.25) is 5.02 Å². The molecule has 1 aliphatic rings. The molecule has 26 heavy (non-hydrogen) atoms. The average Bonchev–Trinajstić information content (AvgIpc) is 2.60. The Labute approximate surface area is 158 Å². The Morgan fingerprint density at radius 2 is 1.69 bits per heavy atom. The average molecular weight is 394 g/mol. The molecule has 3 rings (SSSR count). The third-order valence-corrected chi connectivity index (χ3v) is 5.51. The Hall–Kier alpha value is -2.02. The summed E-state index contributed by atoms with van der Waals surface area (Å²) >= 11 is 5.83. The lowest BCUT2D eigenvalue weighted by Gasteiger charge is -2.27. The molecule has 0 saturated carbocycles. The van der Waals surface area contributed by atoms with E-state index in [2.05, 4.69) is 4.72 Å². The number of halogens is 1. The molecule has 0 aliphatic carbocycles. The van der Waals surface area contributed by atoms with E-state index in [1.165, 1.54) is 6.08 Å². The Morgan fingerprint density at radius 1 is 1.04 bits per heavy atom. The molecule has 0 aromatic heterocycles. The van der Waals surface area contributed by atoms with Crippen LogP contribution in [0.3, 0.4) is 0 Å². The van der Waals surface area contributed by atoms with Gasteiger partial charge in [0.05, 0.1) is 5.54 Å². The summed E-state index contributed by atoms with van der Waals surface area (Å²) in [5.41, 5.74) is 0.709. The summed E-state index contributed by atoms with van der Waals surface area (Å²) in [5.74, 6) is 1.29. The fourth-order valence-corrected chi connectivity index (χ4v) is 3.98. The molecule has 0 saturated heterocycles. The highest BCUT2D eigenvalue weighted by Crippen LogP contribution is 2.34. The Kier molecular flexibility index (Phi) is 5.27. The van der Waals surface area contributed by atoms with Crippen molar-refractivity contribution in [3.63, 3.8) is 0 Å². The number of rotatable bonds is 5. The predicted molar refractivity (Wildman–Crippen MR) is 103 cm³/mol. The fraction of sp³-hybridized carbons (Fsp3) is 0.263. The van der Waals surface area contributed by atoms with Crippen LogP contribution in [0.1, 0.15) is 25.0 Å². The smallest absolute Gasteiger partial charge is 0.234 e. The van der Waals surface area contributed by atoms with Crippen molar-refractivity contribution < 1.29 is 17.9 Å². The van der Waals surface area contributed by atoms with E-state index in [4.69, 9.17) is 21.1 Å². The molecule has 138 valence electrons. The number of nitrogens with one attached hydrogen (secondary N) is 1. The van der Waals surface area contributed by atoms with Crippen LogP contribution in [0.15, 0.2) is 47.9 Å². The minimum Gasteiger partial charge on any atom is -0.486 e. The Balaban J connectivity index is 1.78. The lowest BCUT2D eigenvalue weighted by atomic mass is 9.95. The zero-order valence-corrected chi connectivity index (χ0v) is 16.1. The molecule has 1 N–H and O–H groups in total. The van der Waals surface area contributed by atoms with E-state index in [0.29, 0.717) is 29.7 Å². The summed E-state index contributed by atoms with van der Waals surface area (Å²) in [7, 11) is -3.65. The molecular formula is C19H20ClNO4S. The number of ether oxygens (including phenoxy) is 2. The van der Waals surface area contributed by atoms with Crippen molar-refractivity contribution >= 4 is 27.7 Å². The van der Waals surface area contributed by atoms with Gasteiger partial charge in [-0.1, -0.05) is 29.8 Å². The number of hydrogen-bond acceptors (Lipinski definition) is 4. The van der Waals surface area contributed by atoms with Crippen LogP contribution < -0.4 is 14.2 Å². The third kappa shape index (κ3) is 4.58. The van der Waals surface area contributed by atoms with E-state index >= 15 is 0 Å². The Morgan fingerprint density at radius 3 is 2.38 bits per heavy atom. The highest BCUT2D eigenvalue weighted by atomic mass is 35.5. The van der Waals surface area contributed by atoms with E-state index in [1.807, 2.05) is 6.07 Å². The summed E-state index contributed by atoms with van der Waals surface area (Å²) < 4.78 is 38.7. The lowest BCUT2D eigenvalue weighted by molar-refractivity contribution is 0.171. The first-order valence-electron chi connectivity index (χ1n) is 8.13. The van der Waals surface area contributed by atoms with Gasteiger partial charge in [0.2, 0.25) is 10.0 Å². The topological polar surface area (TPSA) is 64.6 Å². The Bertz CT molecular complexity index is 921. The maximum absolute atomic E-state index is 12.5. The molecule has 1 heterocycles. The van der Waals surface area contributed by atoms with Crippen LogP contribution in [0.5, 0.6) is 11.5 Å². The normalized spacial score (nSPS) is 14.6. The third-order valence-electron chi connectivity index (χ3n) is 3.97. The van der Waals surface area contributed by atoms with Crippen molar-refractivity contribution in [3.8, 4) is 11.5 Å². The second-order valence-electron chi connectivity index (χ2n) is 6.48. The molecule has 5 nitrogen and oxygen atoms in total. The van der Waals surface area contributed by atoms with Gasteiger partial charge < -0.3 is 9.47 Å². The van der Waals surface area contributed by atoms with Crippen molar-refractivity contribution in [1.82, 2.24) is 4.72 Å². The minimum atomic E-state index is -3.65. The van der Waals surface area contributed by atoms with E-state index in [-0.39, 0.29) is 0 Å². The van der Waals surface area contributed by atoms with Crippen molar-refractivity contribution in [3.05, 3.63) is 64.0 Å². The van der Waals surface area contributed by atoms with Gasteiger partial charge in [-0.3, -0.25) is 0 Å². The van der Waals surface area contributed by atoms with Crippen LogP contribution in [0.4, 0.5) is 0 Å². The molecule has 0 bridgehead atoms. The monoisotopic (exact) mass is 393 g/mol. The SMILES string of the molecule is CC(C)(NS(=O)(=O)/C=C/c1ccc(Cl)cc1)c1ccc2c(c1)OCCO2. The molecule has 2 aromatic rings. The number of hydrogen-bond donors (Lipinski definition) is 1. The van der Waals surface area contributed by atoms with Gasteiger partial charge in [-0.2, -0.15) is 0 Å². The summed E-state index contributed by atoms with van der Waals surface area (Å²) in [4.78, 5) is 0. The van der Waals surface area contributed by atoms with Crippen molar-refractivity contribution in [2.24, 2.45) is 0 Å². The first kappa shape index (κ1) is 18.8. The van der Waals surface area contributed by atoms with Crippen LogP contribution in [-0.4, -0.2) is 21.6 Å². The van der Waals surface area contributed by atoms with Gasteiger partial charge in [0, 0.05) is 10.4 Å². The van der Waals surface area contributed by atoms with Crippen molar-refractivity contribution in [1.29, 1.82) is 0 Å². The standard InChI is InChI=1S/C19H20ClNO4S/c1-19(2,15-5-8-17-18(13-15)25-11-10-24-17)21-26(22,23)12-9-14-3-6-16(20)7-4-14/h3-9,12-13,21H,10-11H2,1-2H3/b12-9+. The van der Waals surface area contributed by atoms with E-state index in [0.717, 1.165) is 16.5 Å². The largest absolute Gasteiger partial charge is 0.486 e. The molecule has 1 aliphatic heterocycles. The predicted octanol–water partition coefficient (Wildman–Crippen LogP) is 3.94. The maximum atomic E-state index is 12.5. The second-order valence-corrected chi connectivity index (χ2v) is 8.49. The summed E-state index contributed by atoms with van der Waals surface area (Å²) in [6.07, 6.45) is 1.53. The quantitative estimate of drug-likeness (QED) is 0.835. The summed E-state index contributed by atoms with van der Waals surface area (Å²) in [6, 6.07) is 12.4. The van der Waals surface area contributed by atoms with Crippen molar-refractivity contribution in [2.75, 3.05) is 13.2 Å². The molecule has 7 heteroatoms. The first-order chi connectivity index (χ1) is 12.3. The number of benzene rings is 2. The molecular weight excluding hydrogens is 374 g/mol. The number of fused-ring (bicyclic) bond motifs is 1. The van der Waals surface area contributed by atoms with Gasteiger partial charge >= 0.3 is 0 Å². The van der Waals surface area contributed by atoms with Crippen LogP contribution in [0.25, 0.3) is 6.08 Å². The molecule has 2 aromatic carbocycles. The molecule has 0 radical (unpaired) electrons. The molecule has 0 unspecified atom stereocenters. The molecule has 0 amide bonds. The van der Waals surface area contributed by atoms with E-state index in [1.54, 1.807) is 50.2 Å². The van der Waals surface area contributed by atoms with Gasteiger partial charge in [-0.25, -0.2) is 13.1 Å². The van der Waals surface area contributed by atoms with Gasteiger partial charge in [-0.15, -0.1) is 0 Å². The van der Waals surface area contributed by atoms with Gasteiger partial charge in [0.15, 0.2) is 11.5 Å². The first-order valence-corrected chi connectivity index (χ1v) is 10.1. The fourth-order valence-electron chi connectivity index (χ4n) is 2.62. The molecule has 0 fully saturated rings. The zero-order chi connectivity index (χ0) is 18.8. The molecule has 0 spiro atoms. The second kappa shape index (κ2) is 7.31. The van der Waals surface area contributed by atoms with Gasteiger partial charge in [0.1, 0.15) is 13.2 Å². The van der Waals surface area contributed by atoms with Crippen LogP contribution in [-0.2, 0) is 15.6 Å². The number of sulfonamides is 1.